The van der Waals surface area contributed by atoms with Crippen LogP contribution in [0.15, 0.2) is 48.5 Å². The van der Waals surface area contributed by atoms with Gasteiger partial charge < -0.3 is 5.32 Å². The van der Waals surface area contributed by atoms with Crippen LogP contribution in [0.25, 0.3) is 0 Å². The molecule has 1 amide bonds. The second-order valence-corrected chi connectivity index (χ2v) is 5.99. The highest BCUT2D eigenvalue weighted by molar-refractivity contribution is 5.97. The monoisotopic (exact) mass is 331 g/mol. The molecule has 0 radical (unpaired) electrons. The zero-order chi connectivity index (χ0) is 18.4. The first-order valence-electron chi connectivity index (χ1n) is 7.71. The van der Waals surface area contributed by atoms with Gasteiger partial charge in [0.2, 0.25) is 5.91 Å². The molecule has 1 unspecified atom stereocenters. The van der Waals surface area contributed by atoms with Crippen molar-refractivity contribution >= 4 is 11.7 Å². The maximum atomic E-state index is 12.7. The smallest absolute Gasteiger partial charge is 0.217 e. The van der Waals surface area contributed by atoms with Gasteiger partial charge in [-0.05, 0) is 36.8 Å². The second-order valence-electron chi connectivity index (χ2n) is 5.99. The number of benzene rings is 2. The van der Waals surface area contributed by atoms with E-state index in [0.29, 0.717) is 16.7 Å². The highest BCUT2D eigenvalue weighted by atomic mass is 16.1. The van der Waals surface area contributed by atoms with Gasteiger partial charge in [-0.15, -0.1) is 0 Å². The molecule has 2 rings (SSSR count). The Morgan fingerprint density at radius 2 is 1.44 bits per heavy atom. The SMILES string of the molecule is CC(=O)NC(C)(CC(=O)c1ccc(C#N)cc1)c1ccc(C#N)cc1. The molecule has 5 nitrogen and oxygen atoms in total. The van der Waals surface area contributed by atoms with Crippen molar-refractivity contribution in [2.45, 2.75) is 25.8 Å². The number of nitrogens with zero attached hydrogens (tertiary/aromatic N) is 2. The Hall–Kier alpha value is -3.44. The summed E-state index contributed by atoms with van der Waals surface area (Å²) < 4.78 is 0. The Morgan fingerprint density at radius 1 is 0.960 bits per heavy atom. The minimum absolute atomic E-state index is 0.0599. The minimum atomic E-state index is -0.898. The van der Waals surface area contributed by atoms with Gasteiger partial charge in [-0.2, -0.15) is 10.5 Å². The normalized spacial score (nSPS) is 12.3. The van der Waals surface area contributed by atoms with Crippen LogP contribution in [-0.2, 0) is 10.3 Å². The zero-order valence-electron chi connectivity index (χ0n) is 14.0. The van der Waals surface area contributed by atoms with Gasteiger partial charge in [0.15, 0.2) is 5.78 Å². The average Bonchev–Trinajstić information content (AvgIpc) is 2.61. The van der Waals surface area contributed by atoms with Gasteiger partial charge in [-0.3, -0.25) is 9.59 Å². The number of amides is 1. The quantitative estimate of drug-likeness (QED) is 0.852. The minimum Gasteiger partial charge on any atom is -0.347 e. The number of ketones is 1. The van der Waals surface area contributed by atoms with E-state index < -0.39 is 5.54 Å². The molecule has 0 aliphatic heterocycles. The Labute approximate surface area is 146 Å². The summed E-state index contributed by atoms with van der Waals surface area (Å²) >= 11 is 0. The maximum Gasteiger partial charge on any atom is 0.217 e. The number of rotatable bonds is 5. The van der Waals surface area contributed by atoms with Crippen molar-refractivity contribution in [3.05, 3.63) is 70.8 Å². The molecule has 0 heterocycles. The van der Waals surface area contributed by atoms with Crippen LogP contribution in [0.1, 0.15) is 47.3 Å². The third kappa shape index (κ3) is 4.31. The van der Waals surface area contributed by atoms with Gasteiger partial charge in [0, 0.05) is 18.9 Å². The largest absolute Gasteiger partial charge is 0.347 e. The summed E-state index contributed by atoms with van der Waals surface area (Å²) in [7, 11) is 0. The van der Waals surface area contributed by atoms with Crippen LogP contribution in [0.5, 0.6) is 0 Å². The molecule has 25 heavy (non-hydrogen) atoms. The van der Waals surface area contributed by atoms with Crippen molar-refractivity contribution in [3.63, 3.8) is 0 Å². The summed E-state index contributed by atoms with van der Waals surface area (Å²) in [6, 6.07) is 17.2. The lowest BCUT2D eigenvalue weighted by atomic mass is 9.84. The van der Waals surface area contributed by atoms with E-state index in [9.17, 15) is 9.59 Å². The Morgan fingerprint density at radius 3 is 1.88 bits per heavy atom. The third-order valence-corrected chi connectivity index (χ3v) is 3.95. The number of carbonyl (C=O) groups is 2. The summed E-state index contributed by atoms with van der Waals surface area (Å²) in [5.41, 5.74) is 1.30. The molecular formula is C20H17N3O2. The first kappa shape index (κ1) is 17.9. The van der Waals surface area contributed by atoms with Crippen molar-refractivity contribution in [3.8, 4) is 12.1 Å². The molecule has 0 fully saturated rings. The fourth-order valence-electron chi connectivity index (χ4n) is 2.67. The molecule has 0 aliphatic carbocycles. The van der Waals surface area contributed by atoms with Crippen molar-refractivity contribution < 1.29 is 9.59 Å². The van der Waals surface area contributed by atoms with Crippen LogP contribution in [0.4, 0.5) is 0 Å². The number of hydrogen-bond donors (Lipinski definition) is 1. The van der Waals surface area contributed by atoms with Gasteiger partial charge in [0.05, 0.1) is 28.8 Å². The van der Waals surface area contributed by atoms with Crippen LogP contribution in [0.2, 0.25) is 0 Å². The van der Waals surface area contributed by atoms with E-state index in [2.05, 4.69) is 5.32 Å². The molecule has 0 spiro atoms. The Bertz CT molecular complexity index is 871. The van der Waals surface area contributed by atoms with E-state index in [0.717, 1.165) is 5.56 Å². The topological polar surface area (TPSA) is 93.8 Å². The van der Waals surface area contributed by atoms with E-state index in [4.69, 9.17) is 10.5 Å². The van der Waals surface area contributed by atoms with Crippen molar-refractivity contribution in [1.29, 1.82) is 10.5 Å². The number of nitriles is 2. The fourth-order valence-corrected chi connectivity index (χ4v) is 2.67. The van der Waals surface area contributed by atoms with Gasteiger partial charge >= 0.3 is 0 Å². The summed E-state index contributed by atoms with van der Waals surface area (Å²) in [6.45, 7) is 3.17. The summed E-state index contributed by atoms with van der Waals surface area (Å²) in [5, 5.41) is 20.6. The second kappa shape index (κ2) is 7.42. The number of hydrogen-bond acceptors (Lipinski definition) is 4. The predicted octanol–water partition coefficient (Wildman–Crippen LogP) is 3.05. The first-order chi connectivity index (χ1) is 11.9. The van der Waals surface area contributed by atoms with Gasteiger partial charge in [-0.25, -0.2) is 0 Å². The number of carbonyl (C=O) groups excluding carboxylic acids is 2. The molecule has 0 aromatic heterocycles. The molecular weight excluding hydrogens is 314 g/mol. The van der Waals surface area contributed by atoms with E-state index in [1.807, 2.05) is 12.1 Å². The molecule has 0 saturated heterocycles. The van der Waals surface area contributed by atoms with E-state index in [1.165, 1.54) is 6.92 Å². The molecule has 0 bridgehead atoms. The van der Waals surface area contributed by atoms with Gasteiger partial charge in [0.25, 0.3) is 0 Å². The van der Waals surface area contributed by atoms with Crippen molar-refractivity contribution in [1.82, 2.24) is 5.32 Å². The predicted molar refractivity (Wildman–Crippen MR) is 92.4 cm³/mol. The molecule has 124 valence electrons. The Kier molecular flexibility index (Phi) is 5.31. The van der Waals surface area contributed by atoms with Crippen molar-refractivity contribution in [2.24, 2.45) is 0 Å². The molecule has 1 N–H and O–H groups in total. The van der Waals surface area contributed by atoms with E-state index >= 15 is 0 Å². The molecule has 0 saturated carbocycles. The summed E-state index contributed by atoms with van der Waals surface area (Å²) in [5.74, 6) is -0.399. The van der Waals surface area contributed by atoms with Crippen LogP contribution < -0.4 is 5.32 Å². The first-order valence-corrected chi connectivity index (χ1v) is 7.71. The van der Waals surface area contributed by atoms with Crippen LogP contribution in [-0.4, -0.2) is 11.7 Å². The van der Waals surface area contributed by atoms with Gasteiger partial charge in [-0.1, -0.05) is 24.3 Å². The molecule has 2 aromatic carbocycles. The van der Waals surface area contributed by atoms with Gasteiger partial charge in [0.1, 0.15) is 0 Å². The lowest BCUT2D eigenvalue weighted by molar-refractivity contribution is -0.120. The highest BCUT2D eigenvalue weighted by Gasteiger charge is 2.31. The zero-order valence-corrected chi connectivity index (χ0v) is 14.0. The van der Waals surface area contributed by atoms with Crippen molar-refractivity contribution in [2.75, 3.05) is 0 Å². The standard InChI is InChI=1S/C20H17N3O2/c1-14(24)23-20(2,18-9-5-16(13-22)6-10-18)11-19(25)17-7-3-15(12-21)4-8-17/h3-10H,11H2,1-2H3,(H,23,24). The van der Waals surface area contributed by atoms with Crippen LogP contribution in [0, 0.1) is 22.7 Å². The fraction of sp³-hybridized carbons (Fsp3) is 0.200. The molecule has 2 aromatic rings. The number of Topliss-reactive ketones (excluding diaryl/α,β-unsaturated/α-hetero) is 1. The summed E-state index contributed by atoms with van der Waals surface area (Å²) in [6.07, 6.45) is 0.0599. The maximum absolute atomic E-state index is 12.7. The third-order valence-electron chi connectivity index (χ3n) is 3.95. The van der Waals surface area contributed by atoms with Crippen LogP contribution in [0.3, 0.4) is 0 Å². The Balaban J connectivity index is 2.32. The lowest BCUT2D eigenvalue weighted by Crippen LogP contribution is -2.44. The number of nitrogens with one attached hydrogen (secondary N) is 1. The summed E-state index contributed by atoms with van der Waals surface area (Å²) in [4.78, 5) is 24.3. The van der Waals surface area contributed by atoms with E-state index in [1.54, 1.807) is 55.5 Å². The highest BCUT2D eigenvalue weighted by Crippen LogP contribution is 2.27. The average molecular weight is 331 g/mol. The molecule has 5 heteroatoms. The lowest BCUT2D eigenvalue weighted by Gasteiger charge is -2.30. The van der Waals surface area contributed by atoms with E-state index in [-0.39, 0.29) is 18.1 Å². The van der Waals surface area contributed by atoms with Crippen LogP contribution >= 0.6 is 0 Å². The molecule has 1 atom stereocenters. The molecule has 0 aliphatic rings.